The molecule has 1 N–H and O–H groups in total. The third kappa shape index (κ3) is 5.53. The largest absolute Gasteiger partial charge is 0.416 e. The van der Waals surface area contributed by atoms with Crippen molar-refractivity contribution in [2.45, 2.75) is 49.5 Å². The van der Waals surface area contributed by atoms with E-state index < -0.39 is 51.3 Å². The summed E-state index contributed by atoms with van der Waals surface area (Å²) in [6, 6.07) is 2.87. The first-order chi connectivity index (χ1) is 17.2. The second kappa shape index (κ2) is 9.55. The van der Waals surface area contributed by atoms with Gasteiger partial charge in [0.25, 0.3) is 5.91 Å². The molecule has 1 aliphatic heterocycles. The Bertz CT molecular complexity index is 1350. The molecule has 2 heterocycles. The van der Waals surface area contributed by atoms with Crippen LogP contribution in [0.4, 0.5) is 17.6 Å². The van der Waals surface area contributed by atoms with Crippen LogP contribution in [0.15, 0.2) is 53.8 Å². The molecule has 1 aliphatic carbocycles. The van der Waals surface area contributed by atoms with Crippen molar-refractivity contribution >= 4 is 21.7 Å². The summed E-state index contributed by atoms with van der Waals surface area (Å²) in [4.78, 5) is 31.7. The Morgan fingerprint density at radius 3 is 2.38 bits per heavy atom. The Morgan fingerprint density at radius 2 is 1.86 bits per heavy atom. The maximum Gasteiger partial charge on any atom is 0.416 e. The van der Waals surface area contributed by atoms with Gasteiger partial charge < -0.3 is 5.32 Å². The summed E-state index contributed by atoms with van der Waals surface area (Å²) in [6.07, 6.45) is -1.04. The van der Waals surface area contributed by atoms with Crippen LogP contribution in [0.25, 0.3) is 0 Å². The number of benzene rings is 1. The standard InChI is InChI=1S/C25H25F4N3O4S/c1-13-10-20(32(14(13)2)24(34)16-6-9-21(30-12-16)37(3,35)36)23(33)31-22(15-4-5-15)18-8-7-17(11-19(18)26)25(27,28)29/h6-9,11-13,15,20,22H,2,4-5,10H2,1,3H3,(H,31,33)/t13-,20-,22-/m1/s1. The zero-order valence-corrected chi connectivity index (χ0v) is 20.9. The van der Waals surface area contributed by atoms with E-state index >= 15 is 0 Å². The van der Waals surface area contributed by atoms with E-state index in [0.717, 1.165) is 24.6 Å². The Hall–Kier alpha value is -3.28. The predicted octanol–water partition coefficient (Wildman–Crippen LogP) is 4.27. The lowest BCUT2D eigenvalue weighted by Crippen LogP contribution is -2.46. The van der Waals surface area contributed by atoms with Crippen molar-refractivity contribution in [3.63, 3.8) is 0 Å². The number of hydrogen-bond acceptors (Lipinski definition) is 5. The molecule has 4 rings (SSSR count). The average Bonchev–Trinajstić information content (AvgIpc) is 3.61. The highest BCUT2D eigenvalue weighted by molar-refractivity contribution is 7.90. The molecule has 1 saturated heterocycles. The molecule has 198 valence electrons. The van der Waals surface area contributed by atoms with Crippen LogP contribution in [-0.4, -0.2) is 42.4 Å². The molecule has 1 saturated carbocycles. The van der Waals surface area contributed by atoms with Gasteiger partial charge in [0.05, 0.1) is 17.2 Å². The van der Waals surface area contributed by atoms with Crippen LogP contribution >= 0.6 is 0 Å². The molecule has 2 aromatic rings. The fraction of sp³-hybridized carbons (Fsp3) is 0.400. The first-order valence-electron chi connectivity index (χ1n) is 11.5. The van der Waals surface area contributed by atoms with Crippen molar-refractivity contribution in [2.75, 3.05) is 6.26 Å². The zero-order chi connectivity index (χ0) is 27.3. The van der Waals surface area contributed by atoms with Crippen LogP contribution in [-0.2, 0) is 20.8 Å². The highest BCUT2D eigenvalue weighted by Crippen LogP contribution is 2.43. The van der Waals surface area contributed by atoms with Gasteiger partial charge in [-0.05, 0) is 55.4 Å². The molecule has 2 aliphatic rings. The molecule has 7 nitrogen and oxygen atoms in total. The van der Waals surface area contributed by atoms with E-state index in [1.165, 1.54) is 17.0 Å². The lowest BCUT2D eigenvalue weighted by molar-refractivity contribution is -0.137. The van der Waals surface area contributed by atoms with Gasteiger partial charge in [0.2, 0.25) is 5.91 Å². The summed E-state index contributed by atoms with van der Waals surface area (Å²) in [6.45, 7) is 5.71. The molecule has 0 spiro atoms. The van der Waals surface area contributed by atoms with Crippen LogP contribution in [0.2, 0.25) is 0 Å². The third-order valence-electron chi connectivity index (χ3n) is 6.71. The minimum Gasteiger partial charge on any atom is -0.347 e. The van der Waals surface area contributed by atoms with Gasteiger partial charge in [0, 0.05) is 23.7 Å². The number of hydrogen-bond donors (Lipinski definition) is 1. The Balaban J connectivity index is 1.58. The smallest absolute Gasteiger partial charge is 0.347 e. The molecule has 0 bridgehead atoms. The van der Waals surface area contributed by atoms with Crippen LogP contribution in [0.1, 0.15) is 53.7 Å². The molecule has 37 heavy (non-hydrogen) atoms. The lowest BCUT2D eigenvalue weighted by atomic mass is 9.98. The summed E-state index contributed by atoms with van der Waals surface area (Å²) >= 11 is 0. The molecule has 1 aromatic heterocycles. The Labute approximate surface area is 211 Å². The van der Waals surface area contributed by atoms with Crippen molar-refractivity contribution in [3.05, 3.63) is 71.3 Å². The van der Waals surface area contributed by atoms with E-state index in [4.69, 9.17) is 0 Å². The van der Waals surface area contributed by atoms with Crippen LogP contribution in [0.5, 0.6) is 0 Å². The molecule has 0 radical (unpaired) electrons. The number of amides is 2. The third-order valence-corrected chi connectivity index (χ3v) is 7.71. The fourth-order valence-electron chi connectivity index (χ4n) is 4.46. The van der Waals surface area contributed by atoms with Crippen molar-refractivity contribution in [1.82, 2.24) is 15.2 Å². The molecule has 3 atom stereocenters. The highest BCUT2D eigenvalue weighted by Gasteiger charge is 2.44. The molecule has 1 aromatic carbocycles. The van der Waals surface area contributed by atoms with Gasteiger partial charge in [0.15, 0.2) is 14.9 Å². The van der Waals surface area contributed by atoms with Gasteiger partial charge >= 0.3 is 6.18 Å². The molecule has 0 unspecified atom stereocenters. The summed E-state index contributed by atoms with van der Waals surface area (Å²) in [7, 11) is -3.58. The number of likely N-dealkylation sites (tertiary alicyclic amines) is 1. The number of nitrogens with zero attached hydrogens (tertiary/aromatic N) is 2. The first-order valence-corrected chi connectivity index (χ1v) is 13.4. The summed E-state index contributed by atoms with van der Waals surface area (Å²) < 4.78 is 77.0. The predicted molar refractivity (Wildman–Crippen MR) is 125 cm³/mol. The fourth-order valence-corrected chi connectivity index (χ4v) is 5.02. The number of carbonyl (C=O) groups is 2. The summed E-state index contributed by atoms with van der Waals surface area (Å²) in [5.74, 6) is -2.65. The van der Waals surface area contributed by atoms with Crippen molar-refractivity contribution in [3.8, 4) is 0 Å². The quantitative estimate of drug-likeness (QED) is 0.553. The summed E-state index contributed by atoms with van der Waals surface area (Å²) in [5, 5.41) is 2.54. The number of allylic oxidation sites excluding steroid dienone is 1. The molecule has 2 amide bonds. The monoisotopic (exact) mass is 539 g/mol. The number of sulfone groups is 1. The average molecular weight is 540 g/mol. The zero-order valence-electron chi connectivity index (χ0n) is 20.0. The number of carbonyl (C=O) groups excluding carboxylic acids is 2. The number of pyridine rings is 1. The number of rotatable bonds is 6. The molecule has 2 fully saturated rings. The number of halogens is 4. The lowest BCUT2D eigenvalue weighted by Gasteiger charge is -2.28. The van der Waals surface area contributed by atoms with Crippen LogP contribution in [0.3, 0.4) is 0 Å². The second-order valence-electron chi connectivity index (χ2n) is 9.53. The van der Waals surface area contributed by atoms with Crippen molar-refractivity contribution < 1.29 is 35.6 Å². The summed E-state index contributed by atoms with van der Waals surface area (Å²) in [5.41, 5.74) is -0.746. The van der Waals surface area contributed by atoms with Gasteiger partial charge in [-0.3, -0.25) is 14.5 Å². The minimum absolute atomic E-state index is 0.0489. The van der Waals surface area contributed by atoms with E-state index in [1.807, 2.05) is 0 Å². The van der Waals surface area contributed by atoms with Crippen molar-refractivity contribution in [1.29, 1.82) is 0 Å². The second-order valence-corrected chi connectivity index (χ2v) is 11.5. The van der Waals surface area contributed by atoms with E-state index in [9.17, 15) is 35.6 Å². The first kappa shape index (κ1) is 26.8. The van der Waals surface area contributed by atoms with Gasteiger partial charge in [-0.2, -0.15) is 13.2 Å². The van der Waals surface area contributed by atoms with Crippen LogP contribution < -0.4 is 5.32 Å². The van der Waals surface area contributed by atoms with Gasteiger partial charge in [-0.15, -0.1) is 0 Å². The number of nitrogens with one attached hydrogen (secondary N) is 1. The normalized spacial score (nSPS) is 21.1. The van der Waals surface area contributed by atoms with Crippen LogP contribution in [0, 0.1) is 17.7 Å². The SMILES string of the molecule is C=C1[C@H](C)C[C@H](C(=O)N[C@@H](c2ccc(C(F)(F)F)cc2F)C2CC2)N1C(=O)c1ccc(S(C)(=O)=O)nc1. The van der Waals surface area contributed by atoms with E-state index in [0.29, 0.717) is 24.6 Å². The molecular weight excluding hydrogens is 514 g/mol. The van der Waals surface area contributed by atoms with Gasteiger partial charge in [0.1, 0.15) is 11.9 Å². The topological polar surface area (TPSA) is 96.4 Å². The molecule has 12 heteroatoms. The van der Waals surface area contributed by atoms with Crippen molar-refractivity contribution in [2.24, 2.45) is 11.8 Å². The molecular formula is C25H25F4N3O4S. The Morgan fingerprint density at radius 1 is 1.19 bits per heavy atom. The van der Waals surface area contributed by atoms with Gasteiger partial charge in [-0.25, -0.2) is 17.8 Å². The number of alkyl halides is 3. The maximum absolute atomic E-state index is 14.7. The van der Waals surface area contributed by atoms with E-state index in [-0.39, 0.29) is 34.4 Å². The number of aromatic nitrogens is 1. The minimum atomic E-state index is -4.70. The van der Waals surface area contributed by atoms with E-state index in [2.05, 4.69) is 16.9 Å². The van der Waals surface area contributed by atoms with E-state index in [1.54, 1.807) is 6.92 Å². The highest BCUT2D eigenvalue weighted by atomic mass is 32.2. The Kier molecular flexibility index (Phi) is 6.91. The maximum atomic E-state index is 14.7. The van der Waals surface area contributed by atoms with Gasteiger partial charge in [-0.1, -0.05) is 19.6 Å².